The van der Waals surface area contributed by atoms with E-state index in [4.69, 9.17) is 0 Å². The lowest BCUT2D eigenvalue weighted by Crippen LogP contribution is -2.25. The standard InChI is InChI=1S/C65H43N/c1-3-13-44(14-4-1)47-25-33-54(34-26-47)66(55-35-27-48(28-36-55)45-15-5-2-6-16-45)56-37-29-49(30-38-56)53-31-39-59-60-42-52(51-24-23-46-17-7-8-18-50(46)41-51)32-40-63(60)65(64(59)43-53)61-21-11-9-19-57(61)58-20-10-12-22-62(58)65/h1-43H. The third kappa shape index (κ3) is 6.01. The molecular weight excluding hydrogens is 795 g/mol. The molecule has 1 nitrogen and oxygen atoms in total. The zero-order valence-electron chi connectivity index (χ0n) is 36.3. The fourth-order valence-corrected chi connectivity index (χ4v) is 11.0. The fraction of sp³-hybridized carbons (Fsp3) is 0.0154. The SMILES string of the molecule is c1ccc(-c2ccc(N(c3ccc(-c4ccccc4)cc3)c3ccc(-c4ccc5c(c4)C4(c6ccccc6-c6ccccc64)c4ccc(-c6ccc7ccccc7c6)cc4-5)cc3)cc2)cc1. The molecule has 0 fully saturated rings. The van der Waals surface area contributed by atoms with E-state index in [0.29, 0.717) is 0 Å². The Morgan fingerprint density at radius 2 is 0.591 bits per heavy atom. The molecule has 1 spiro atoms. The topological polar surface area (TPSA) is 3.24 Å². The van der Waals surface area contributed by atoms with Gasteiger partial charge in [0.25, 0.3) is 0 Å². The van der Waals surface area contributed by atoms with Crippen molar-refractivity contribution in [2.45, 2.75) is 5.41 Å². The van der Waals surface area contributed by atoms with Crippen molar-refractivity contribution < 1.29 is 0 Å². The largest absolute Gasteiger partial charge is 0.311 e. The summed E-state index contributed by atoms with van der Waals surface area (Å²) in [5.41, 5.74) is 23.1. The van der Waals surface area contributed by atoms with Gasteiger partial charge in [0.05, 0.1) is 5.41 Å². The van der Waals surface area contributed by atoms with Gasteiger partial charge in [0.15, 0.2) is 0 Å². The molecule has 0 N–H and O–H groups in total. The summed E-state index contributed by atoms with van der Waals surface area (Å²) < 4.78 is 0. The van der Waals surface area contributed by atoms with Gasteiger partial charge in [-0.2, -0.15) is 0 Å². The van der Waals surface area contributed by atoms with Gasteiger partial charge in [-0.05, 0) is 154 Å². The molecule has 0 bridgehead atoms. The molecule has 13 rings (SSSR count). The number of nitrogens with zero attached hydrogens (tertiary/aromatic N) is 1. The summed E-state index contributed by atoms with van der Waals surface area (Å²) in [5, 5.41) is 2.51. The summed E-state index contributed by atoms with van der Waals surface area (Å²) in [6.45, 7) is 0. The van der Waals surface area contributed by atoms with Crippen LogP contribution in [0, 0.1) is 0 Å². The second-order valence-corrected chi connectivity index (χ2v) is 17.6. The minimum absolute atomic E-state index is 0.440. The maximum Gasteiger partial charge on any atom is 0.0725 e. The number of benzene rings is 11. The maximum atomic E-state index is 2.49. The first-order valence-corrected chi connectivity index (χ1v) is 22.9. The molecule has 0 heterocycles. The van der Waals surface area contributed by atoms with Crippen molar-refractivity contribution >= 4 is 27.8 Å². The van der Waals surface area contributed by atoms with Crippen LogP contribution in [0.2, 0.25) is 0 Å². The van der Waals surface area contributed by atoms with Crippen LogP contribution in [0.15, 0.2) is 261 Å². The molecule has 11 aromatic carbocycles. The number of hydrogen-bond donors (Lipinski definition) is 0. The molecule has 0 saturated heterocycles. The molecule has 308 valence electrons. The molecule has 0 radical (unpaired) electrons. The van der Waals surface area contributed by atoms with E-state index in [1.807, 2.05) is 0 Å². The average molecular weight is 838 g/mol. The number of rotatable bonds is 7. The normalized spacial score (nSPS) is 12.7. The van der Waals surface area contributed by atoms with E-state index < -0.39 is 5.41 Å². The highest BCUT2D eigenvalue weighted by molar-refractivity contribution is 5.98. The van der Waals surface area contributed by atoms with Gasteiger partial charge >= 0.3 is 0 Å². The summed E-state index contributed by atoms with van der Waals surface area (Å²) in [7, 11) is 0. The maximum absolute atomic E-state index is 2.49. The fourth-order valence-electron chi connectivity index (χ4n) is 11.0. The molecule has 1 heteroatoms. The van der Waals surface area contributed by atoms with E-state index in [0.717, 1.165) is 17.1 Å². The lowest BCUT2D eigenvalue weighted by atomic mass is 9.70. The Bertz CT molecular complexity index is 3480. The van der Waals surface area contributed by atoms with Crippen LogP contribution in [0.25, 0.3) is 77.5 Å². The number of hydrogen-bond acceptors (Lipinski definition) is 1. The third-order valence-electron chi connectivity index (χ3n) is 14.1. The minimum Gasteiger partial charge on any atom is -0.311 e. The quantitative estimate of drug-likeness (QED) is 0.155. The summed E-state index contributed by atoms with van der Waals surface area (Å²) in [6.07, 6.45) is 0. The lowest BCUT2D eigenvalue weighted by molar-refractivity contribution is 0.794. The Labute approximate surface area is 386 Å². The Balaban J connectivity index is 0.928. The third-order valence-corrected chi connectivity index (χ3v) is 14.1. The van der Waals surface area contributed by atoms with Crippen LogP contribution in [0.3, 0.4) is 0 Å². The van der Waals surface area contributed by atoms with Crippen molar-refractivity contribution in [3.63, 3.8) is 0 Å². The summed E-state index contributed by atoms with van der Waals surface area (Å²) >= 11 is 0. The molecule has 0 saturated carbocycles. The summed E-state index contributed by atoms with van der Waals surface area (Å²) in [5.74, 6) is 0. The van der Waals surface area contributed by atoms with Crippen molar-refractivity contribution in [2.75, 3.05) is 4.90 Å². The smallest absolute Gasteiger partial charge is 0.0725 e. The highest BCUT2D eigenvalue weighted by atomic mass is 15.1. The Kier molecular flexibility index (Phi) is 8.82. The second-order valence-electron chi connectivity index (χ2n) is 17.6. The van der Waals surface area contributed by atoms with Crippen LogP contribution in [0.4, 0.5) is 17.1 Å². The molecule has 0 amide bonds. The highest BCUT2D eigenvalue weighted by Crippen LogP contribution is 2.63. The van der Waals surface area contributed by atoms with Gasteiger partial charge < -0.3 is 4.90 Å². The van der Waals surface area contributed by atoms with Crippen molar-refractivity contribution in [3.05, 3.63) is 283 Å². The van der Waals surface area contributed by atoms with Crippen molar-refractivity contribution in [1.29, 1.82) is 0 Å². The van der Waals surface area contributed by atoms with Gasteiger partial charge in [0.2, 0.25) is 0 Å². The van der Waals surface area contributed by atoms with E-state index in [-0.39, 0.29) is 0 Å². The van der Waals surface area contributed by atoms with Crippen LogP contribution in [0.5, 0.6) is 0 Å². The number of anilines is 3. The van der Waals surface area contributed by atoms with Crippen LogP contribution in [0.1, 0.15) is 22.3 Å². The molecule has 66 heavy (non-hydrogen) atoms. The van der Waals surface area contributed by atoms with Gasteiger partial charge in [0.1, 0.15) is 0 Å². The van der Waals surface area contributed by atoms with E-state index >= 15 is 0 Å². The van der Waals surface area contributed by atoms with E-state index in [2.05, 4.69) is 266 Å². The second kappa shape index (κ2) is 15.3. The zero-order chi connectivity index (χ0) is 43.6. The van der Waals surface area contributed by atoms with Crippen LogP contribution in [-0.2, 0) is 5.41 Å². The van der Waals surface area contributed by atoms with Crippen LogP contribution >= 0.6 is 0 Å². The van der Waals surface area contributed by atoms with Gasteiger partial charge in [-0.1, -0.05) is 206 Å². The zero-order valence-corrected chi connectivity index (χ0v) is 36.3. The van der Waals surface area contributed by atoms with Gasteiger partial charge in [-0.25, -0.2) is 0 Å². The Morgan fingerprint density at radius 3 is 1.17 bits per heavy atom. The van der Waals surface area contributed by atoms with E-state index in [1.54, 1.807) is 0 Å². The van der Waals surface area contributed by atoms with Gasteiger partial charge in [-0.15, -0.1) is 0 Å². The van der Waals surface area contributed by atoms with Gasteiger partial charge in [-0.3, -0.25) is 0 Å². The molecule has 0 aromatic heterocycles. The average Bonchev–Trinajstić information content (AvgIpc) is 3.86. The van der Waals surface area contributed by atoms with Crippen LogP contribution < -0.4 is 4.90 Å². The molecule has 2 aliphatic carbocycles. The predicted molar refractivity (Wildman–Crippen MR) is 277 cm³/mol. The minimum atomic E-state index is -0.440. The van der Waals surface area contributed by atoms with Gasteiger partial charge in [0, 0.05) is 17.1 Å². The molecule has 0 aliphatic heterocycles. The number of fused-ring (bicyclic) bond motifs is 11. The first kappa shape index (κ1) is 38.0. The molecule has 0 atom stereocenters. The van der Waals surface area contributed by atoms with E-state index in [9.17, 15) is 0 Å². The lowest BCUT2D eigenvalue weighted by Gasteiger charge is -2.31. The van der Waals surface area contributed by atoms with Crippen LogP contribution in [-0.4, -0.2) is 0 Å². The molecule has 0 unspecified atom stereocenters. The first-order chi connectivity index (χ1) is 32.7. The predicted octanol–water partition coefficient (Wildman–Crippen LogP) is 17.3. The monoisotopic (exact) mass is 837 g/mol. The van der Waals surface area contributed by atoms with Crippen molar-refractivity contribution in [3.8, 4) is 66.8 Å². The Morgan fingerprint density at radius 1 is 0.212 bits per heavy atom. The summed E-state index contributed by atoms with van der Waals surface area (Å²) in [6, 6.07) is 96.2. The summed E-state index contributed by atoms with van der Waals surface area (Å²) in [4.78, 5) is 2.36. The van der Waals surface area contributed by atoms with E-state index in [1.165, 1.54) is 99.8 Å². The molecule has 11 aromatic rings. The highest BCUT2D eigenvalue weighted by Gasteiger charge is 2.51. The van der Waals surface area contributed by atoms with Crippen molar-refractivity contribution in [2.24, 2.45) is 0 Å². The Hall–Kier alpha value is -8.52. The molecule has 2 aliphatic rings. The van der Waals surface area contributed by atoms with Crippen molar-refractivity contribution in [1.82, 2.24) is 0 Å². The molecular formula is C65H43N. The first-order valence-electron chi connectivity index (χ1n) is 22.9.